The maximum absolute atomic E-state index is 12.4. The van der Waals surface area contributed by atoms with Crippen LogP contribution in [-0.4, -0.2) is 26.8 Å². The molecule has 0 unspecified atom stereocenters. The van der Waals surface area contributed by atoms with Gasteiger partial charge in [-0.05, 0) is 44.1 Å². The molecule has 22 heavy (non-hydrogen) atoms. The van der Waals surface area contributed by atoms with E-state index < -0.39 is 6.10 Å². The zero-order valence-electron chi connectivity index (χ0n) is 12.7. The predicted molar refractivity (Wildman–Crippen MR) is 86.0 cm³/mol. The van der Waals surface area contributed by atoms with Crippen LogP contribution in [0.1, 0.15) is 53.2 Å². The quantitative estimate of drug-likeness (QED) is 0.890. The summed E-state index contributed by atoms with van der Waals surface area (Å²) in [5, 5.41) is 19.4. The molecule has 118 valence electrons. The second-order valence-electron chi connectivity index (χ2n) is 5.83. The lowest BCUT2D eigenvalue weighted by atomic mass is 10.1. The maximum Gasteiger partial charge on any atom is 0.254 e. The van der Waals surface area contributed by atoms with Crippen molar-refractivity contribution >= 4 is 17.2 Å². The summed E-state index contributed by atoms with van der Waals surface area (Å²) < 4.78 is 1.93. The number of rotatable bonds is 5. The van der Waals surface area contributed by atoms with E-state index in [0.717, 1.165) is 36.4 Å². The lowest BCUT2D eigenvalue weighted by molar-refractivity contribution is 0.0917. The van der Waals surface area contributed by atoms with Crippen molar-refractivity contribution < 1.29 is 9.90 Å². The Labute approximate surface area is 134 Å². The number of aryl methyl sites for hydroxylation is 1. The standard InChI is InChI=1S/C16H21N3O2S/c1-11(9-14(20)15-6-4-8-22-15)18-16(21)12-10-17-19-7-3-2-5-13(12)19/h4,6,8,10-11,14,20H,2-3,5,7,9H2,1H3,(H,18,21)/t11-,14+/m1/s1. The van der Waals surface area contributed by atoms with Crippen molar-refractivity contribution in [1.82, 2.24) is 15.1 Å². The minimum Gasteiger partial charge on any atom is -0.387 e. The second-order valence-corrected chi connectivity index (χ2v) is 6.81. The van der Waals surface area contributed by atoms with E-state index in [1.807, 2.05) is 29.1 Å². The molecule has 0 aromatic carbocycles. The van der Waals surface area contributed by atoms with Gasteiger partial charge in [-0.2, -0.15) is 5.10 Å². The molecule has 0 fully saturated rings. The van der Waals surface area contributed by atoms with E-state index in [9.17, 15) is 9.90 Å². The van der Waals surface area contributed by atoms with Crippen molar-refractivity contribution in [2.75, 3.05) is 0 Å². The smallest absolute Gasteiger partial charge is 0.254 e. The van der Waals surface area contributed by atoms with E-state index >= 15 is 0 Å². The van der Waals surface area contributed by atoms with E-state index in [0.29, 0.717) is 12.0 Å². The number of hydrogen-bond donors (Lipinski definition) is 2. The van der Waals surface area contributed by atoms with Crippen LogP contribution in [0.2, 0.25) is 0 Å². The molecule has 0 radical (unpaired) electrons. The number of fused-ring (bicyclic) bond motifs is 1. The van der Waals surface area contributed by atoms with Crippen molar-refractivity contribution in [3.8, 4) is 0 Å². The van der Waals surface area contributed by atoms with Crippen LogP contribution in [0.5, 0.6) is 0 Å². The van der Waals surface area contributed by atoms with E-state index in [2.05, 4.69) is 10.4 Å². The monoisotopic (exact) mass is 319 g/mol. The van der Waals surface area contributed by atoms with Crippen molar-refractivity contribution in [2.45, 2.75) is 51.3 Å². The van der Waals surface area contributed by atoms with Crippen LogP contribution < -0.4 is 5.32 Å². The molecule has 0 aliphatic carbocycles. The molecule has 0 spiro atoms. The highest BCUT2D eigenvalue weighted by Gasteiger charge is 2.22. The zero-order valence-corrected chi connectivity index (χ0v) is 13.5. The fraction of sp³-hybridized carbons (Fsp3) is 0.500. The number of thiophene rings is 1. The van der Waals surface area contributed by atoms with Crippen LogP contribution in [-0.2, 0) is 13.0 Å². The third-order valence-electron chi connectivity index (χ3n) is 4.05. The first-order valence-corrected chi connectivity index (χ1v) is 8.60. The van der Waals surface area contributed by atoms with Crippen molar-refractivity contribution in [3.63, 3.8) is 0 Å². The Kier molecular flexibility index (Phi) is 4.59. The van der Waals surface area contributed by atoms with Crippen LogP contribution >= 0.6 is 11.3 Å². The van der Waals surface area contributed by atoms with Gasteiger partial charge < -0.3 is 10.4 Å². The van der Waals surface area contributed by atoms with E-state index in [-0.39, 0.29) is 11.9 Å². The van der Waals surface area contributed by atoms with Gasteiger partial charge in [0.25, 0.3) is 5.91 Å². The molecular formula is C16H21N3O2S. The molecule has 2 aromatic rings. The Morgan fingerprint density at radius 2 is 2.41 bits per heavy atom. The fourth-order valence-corrected chi connectivity index (χ4v) is 3.63. The summed E-state index contributed by atoms with van der Waals surface area (Å²) in [6, 6.07) is 3.74. The molecule has 1 aliphatic rings. The lowest BCUT2D eigenvalue weighted by Crippen LogP contribution is -2.34. The van der Waals surface area contributed by atoms with Gasteiger partial charge in [0.1, 0.15) is 0 Å². The van der Waals surface area contributed by atoms with Gasteiger partial charge >= 0.3 is 0 Å². The molecule has 0 saturated carbocycles. The van der Waals surface area contributed by atoms with Crippen molar-refractivity contribution in [2.24, 2.45) is 0 Å². The summed E-state index contributed by atoms with van der Waals surface area (Å²) in [7, 11) is 0. The summed E-state index contributed by atoms with van der Waals surface area (Å²) in [5.74, 6) is -0.0889. The first-order valence-electron chi connectivity index (χ1n) is 7.72. The molecule has 6 heteroatoms. The summed E-state index contributed by atoms with van der Waals surface area (Å²) in [6.45, 7) is 2.82. The van der Waals surface area contributed by atoms with Crippen molar-refractivity contribution in [1.29, 1.82) is 0 Å². The number of amides is 1. The van der Waals surface area contributed by atoms with Crippen molar-refractivity contribution in [3.05, 3.63) is 39.8 Å². The van der Waals surface area contributed by atoms with Crippen LogP contribution in [0, 0.1) is 0 Å². The Bertz CT molecular complexity index is 636. The Hall–Kier alpha value is -1.66. The first kappa shape index (κ1) is 15.2. The molecule has 2 N–H and O–H groups in total. The topological polar surface area (TPSA) is 67.2 Å². The average Bonchev–Trinajstić information content (AvgIpc) is 3.16. The highest BCUT2D eigenvalue weighted by atomic mass is 32.1. The SMILES string of the molecule is C[C@H](C[C@H](O)c1cccs1)NC(=O)c1cnn2c1CCCC2. The molecule has 0 saturated heterocycles. The number of aliphatic hydroxyl groups is 1. The highest BCUT2D eigenvalue weighted by molar-refractivity contribution is 7.10. The fourth-order valence-electron chi connectivity index (χ4n) is 2.90. The van der Waals surface area contributed by atoms with Gasteiger partial charge in [-0.25, -0.2) is 0 Å². The third-order valence-corrected chi connectivity index (χ3v) is 5.03. The molecule has 3 rings (SSSR count). The Balaban J connectivity index is 1.60. The molecule has 0 bridgehead atoms. The molecule has 5 nitrogen and oxygen atoms in total. The normalized spacial score (nSPS) is 16.8. The summed E-state index contributed by atoms with van der Waals surface area (Å²) in [4.78, 5) is 13.3. The van der Waals surface area contributed by atoms with Gasteiger partial charge in [-0.15, -0.1) is 11.3 Å². The first-order chi connectivity index (χ1) is 10.6. The van der Waals surface area contributed by atoms with E-state index in [4.69, 9.17) is 0 Å². The molecule has 3 heterocycles. The van der Waals surface area contributed by atoms with Gasteiger partial charge in [0.05, 0.1) is 23.6 Å². The lowest BCUT2D eigenvalue weighted by Gasteiger charge is -2.18. The number of carbonyl (C=O) groups is 1. The zero-order chi connectivity index (χ0) is 15.5. The van der Waals surface area contributed by atoms with E-state index in [1.54, 1.807) is 6.20 Å². The van der Waals surface area contributed by atoms with Crippen LogP contribution in [0.25, 0.3) is 0 Å². The van der Waals surface area contributed by atoms with Crippen LogP contribution in [0.15, 0.2) is 23.7 Å². The van der Waals surface area contributed by atoms with Gasteiger partial charge in [0.2, 0.25) is 0 Å². The number of nitrogens with zero attached hydrogens (tertiary/aromatic N) is 2. The molecular weight excluding hydrogens is 298 g/mol. The summed E-state index contributed by atoms with van der Waals surface area (Å²) >= 11 is 1.53. The van der Waals surface area contributed by atoms with Crippen LogP contribution in [0.4, 0.5) is 0 Å². The highest BCUT2D eigenvalue weighted by Crippen LogP contribution is 2.23. The minimum atomic E-state index is -0.531. The van der Waals surface area contributed by atoms with E-state index in [1.165, 1.54) is 11.3 Å². The van der Waals surface area contributed by atoms with Crippen LogP contribution in [0.3, 0.4) is 0 Å². The average molecular weight is 319 g/mol. The third kappa shape index (κ3) is 3.23. The minimum absolute atomic E-state index is 0.0889. The molecule has 2 aromatic heterocycles. The predicted octanol–water partition coefficient (Wildman–Crippen LogP) is 2.52. The summed E-state index contributed by atoms with van der Waals surface area (Å²) in [5.41, 5.74) is 1.71. The maximum atomic E-state index is 12.4. The van der Waals surface area contributed by atoms with Gasteiger partial charge in [-0.1, -0.05) is 6.07 Å². The van der Waals surface area contributed by atoms with Gasteiger partial charge in [-0.3, -0.25) is 9.48 Å². The molecule has 2 atom stereocenters. The number of aliphatic hydroxyl groups excluding tert-OH is 1. The molecule has 1 aliphatic heterocycles. The van der Waals surface area contributed by atoms with Gasteiger partial charge in [0.15, 0.2) is 0 Å². The number of hydrogen-bond acceptors (Lipinski definition) is 4. The Morgan fingerprint density at radius 3 is 3.18 bits per heavy atom. The molecule has 1 amide bonds. The number of aromatic nitrogens is 2. The number of nitrogens with one attached hydrogen (secondary N) is 1. The largest absolute Gasteiger partial charge is 0.387 e. The number of carbonyl (C=O) groups excluding carboxylic acids is 1. The summed E-state index contributed by atoms with van der Waals surface area (Å²) in [6.07, 6.45) is 4.79. The Morgan fingerprint density at radius 1 is 1.55 bits per heavy atom. The second kappa shape index (κ2) is 6.62. The van der Waals surface area contributed by atoms with Gasteiger partial charge in [0, 0.05) is 17.5 Å².